The number of hydrogen-bond acceptors (Lipinski definition) is 4. The Labute approximate surface area is 125 Å². The van der Waals surface area contributed by atoms with Gasteiger partial charge in [0.2, 0.25) is 10.0 Å². The van der Waals surface area contributed by atoms with Crippen LogP contribution in [0.15, 0.2) is 18.2 Å². The molecule has 21 heavy (non-hydrogen) atoms. The van der Waals surface area contributed by atoms with Crippen LogP contribution in [0.1, 0.15) is 24.0 Å². The van der Waals surface area contributed by atoms with E-state index in [1.165, 1.54) is 0 Å². The standard InChI is InChI=1S/C15H19NO4S/c1-12-6-7-14(10-13(12)4-2-8-17)16-21(18,19)11-15-5-3-9-20-15/h6-7,10,15-17H,3,5,8-9,11H2,1H3. The van der Waals surface area contributed by atoms with E-state index in [2.05, 4.69) is 16.6 Å². The molecule has 1 saturated heterocycles. The van der Waals surface area contributed by atoms with Crippen molar-refractivity contribution in [2.75, 3.05) is 23.7 Å². The van der Waals surface area contributed by atoms with Gasteiger partial charge in [-0.05, 0) is 37.5 Å². The summed E-state index contributed by atoms with van der Waals surface area (Å²) >= 11 is 0. The normalized spacial score (nSPS) is 18.1. The average Bonchev–Trinajstić information content (AvgIpc) is 2.91. The van der Waals surface area contributed by atoms with Crippen LogP contribution in [0.3, 0.4) is 0 Å². The highest BCUT2D eigenvalue weighted by molar-refractivity contribution is 7.92. The van der Waals surface area contributed by atoms with Crippen molar-refractivity contribution in [1.82, 2.24) is 0 Å². The number of hydrogen-bond donors (Lipinski definition) is 2. The van der Waals surface area contributed by atoms with E-state index < -0.39 is 10.0 Å². The predicted molar refractivity (Wildman–Crippen MR) is 81.5 cm³/mol. The second kappa shape index (κ2) is 6.94. The Hall–Kier alpha value is -1.55. The number of anilines is 1. The smallest absolute Gasteiger partial charge is 0.235 e. The number of sulfonamides is 1. The molecule has 2 N–H and O–H groups in total. The first-order valence-corrected chi connectivity index (χ1v) is 8.48. The molecule has 0 radical (unpaired) electrons. The van der Waals surface area contributed by atoms with Crippen LogP contribution in [-0.4, -0.2) is 38.6 Å². The van der Waals surface area contributed by atoms with E-state index >= 15 is 0 Å². The summed E-state index contributed by atoms with van der Waals surface area (Å²) in [7, 11) is -3.44. The first-order chi connectivity index (χ1) is 10.00. The summed E-state index contributed by atoms with van der Waals surface area (Å²) in [6.45, 7) is 2.28. The highest BCUT2D eigenvalue weighted by atomic mass is 32.2. The van der Waals surface area contributed by atoms with Crippen molar-refractivity contribution in [3.8, 4) is 11.8 Å². The molecule has 1 unspecified atom stereocenters. The fraction of sp³-hybridized carbons (Fsp3) is 0.467. The molecule has 5 nitrogen and oxygen atoms in total. The van der Waals surface area contributed by atoms with E-state index in [0.29, 0.717) is 17.9 Å². The molecular weight excluding hydrogens is 290 g/mol. The molecule has 0 aromatic heterocycles. The number of aliphatic hydroxyl groups excluding tert-OH is 1. The summed E-state index contributed by atoms with van der Waals surface area (Å²) in [5.74, 6) is 5.34. The van der Waals surface area contributed by atoms with Crippen molar-refractivity contribution in [2.45, 2.75) is 25.9 Å². The van der Waals surface area contributed by atoms with Crippen LogP contribution >= 0.6 is 0 Å². The Morgan fingerprint density at radius 2 is 2.29 bits per heavy atom. The molecule has 1 aliphatic rings. The Bertz CT molecular complexity index is 652. The number of rotatable bonds is 4. The fourth-order valence-electron chi connectivity index (χ4n) is 2.20. The Morgan fingerprint density at radius 1 is 1.48 bits per heavy atom. The van der Waals surface area contributed by atoms with Crippen molar-refractivity contribution in [2.24, 2.45) is 0 Å². The molecular formula is C15H19NO4S. The van der Waals surface area contributed by atoms with Crippen molar-refractivity contribution < 1.29 is 18.3 Å². The lowest BCUT2D eigenvalue weighted by Crippen LogP contribution is -2.25. The van der Waals surface area contributed by atoms with Crippen LogP contribution < -0.4 is 4.72 Å². The molecule has 0 amide bonds. The van der Waals surface area contributed by atoms with Crippen molar-refractivity contribution in [3.05, 3.63) is 29.3 Å². The van der Waals surface area contributed by atoms with Gasteiger partial charge in [0.1, 0.15) is 6.61 Å². The zero-order chi connectivity index (χ0) is 15.3. The Morgan fingerprint density at radius 3 is 2.95 bits per heavy atom. The molecule has 1 aromatic carbocycles. The molecule has 1 heterocycles. The minimum absolute atomic E-state index is 0.0292. The van der Waals surface area contributed by atoms with Gasteiger partial charge in [0, 0.05) is 17.9 Å². The number of nitrogens with one attached hydrogen (secondary N) is 1. The summed E-state index contributed by atoms with van der Waals surface area (Å²) in [5.41, 5.74) is 2.10. The zero-order valence-corrected chi connectivity index (χ0v) is 12.7. The van der Waals surface area contributed by atoms with Gasteiger partial charge in [-0.1, -0.05) is 17.9 Å². The number of benzene rings is 1. The first-order valence-electron chi connectivity index (χ1n) is 6.82. The van der Waals surface area contributed by atoms with E-state index in [9.17, 15) is 8.42 Å². The lowest BCUT2D eigenvalue weighted by Gasteiger charge is -2.12. The van der Waals surface area contributed by atoms with Gasteiger partial charge in [-0.15, -0.1) is 0 Å². The number of aryl methyl sites for hydroxylation is 1. The highest BCUT2D eigenvalue weighted by Crippen LogP contribution is 2.18. The molecule has 2 rings (SSSR count). The highest BCUT2D eigenvalue weighted by Gasteiger charge is 2.23. The van der Waals surface area contributed by atoms with Crippen molar-refractivity contribution in [3.63, 3.8) is 0 Å². The molecule has 1 atom stereocenters. The minimum Gasteiger partial charge on any atom is -0.384 e. The van der Waals surface area contributed by atoms with Crippen LogP contribution in [0.5, 0.6) is 0 Å². The molecule has 1 fully saturated rings. The van der Waals surface area contributed by atoms with Crippen LogP contribution in [0.2, 0.25) is 0 Å². The fourth-order valence-corrected chi connectivity index (χ4v) is 3.52. The van der Waals surface area contributed by atoms with Gasteiger partial charge in [-0.3, -0.25) is 4.72 Å². The molecule has 6 heteroatoms. The molecule has 0 spiro atoms. The molecule has 0 bridgehead atoms. The first kappa shape index (κ1) is 15.8. The van der Waals surface area contributed by atoms with Crippen LogP contribution in [0.25, 0.3) is 0 Å². The predicted octanol–water partition coefficient (Wildman–Crippen LogP) is 1.26. The average molecular weight is 309 g/mol. The third-order valence-corrected chi connectivity index (χ3v) is 4.60. The number of aliphatic hydroxyl groups is 1. The second-order valence-electron chi connectivity index (χ2n) is 5.01. The van der Waals surface area contributed by atoms with Crippen LogP contribution in [0.4, 0.5) is 5.69 Å². The summed E-state index contributed by atoms with van der Waals surface area (Å²) in [6.07, 6.45) is 1.47. The van der Waals surface area contributed by atoms with E-state index in [-0.39, 0.29) is 18.5 Å². The summed E-state index contributed by atoms with van der Waals surface area (Å²) < 4.78 is 32.1. The maximum atomic E-state index is 12.1. The molecule has 0 aliphatic carbocycles. The maximum absolute atomic E-state index is 12.1. The minimum atomic E-state index is -3.44. The monoisotopic (exact) mass is 309 g/mol. The second-order valence-corrected chi connectivity index (χ2v) is 6.78. The molecule has 1 aliphatic heterocycles. The Kier molecular flexibility index (Phi) is 5.23. The van der Waals surface area contributed by atoms with E-state index in [0.717, 1.165) is 18.4 Å². The van der Waals surface area contributed by atoms with Crippen LogP contribution in [0, 0.1) is 18.8 Å². The van der Waals surface area contributed by atoms with Gasteiger partial charge in [0.15, 0.2) is 0 Å². The van der Waals surface area contributed by atoms with Crippen LogP contribution in [-0.2, 0) is 14.8 Å². The van der Waals surface area contributed by atoms with Gasteiger partial charge in [0.05, 0.1) is 11.9 Å². The summed E-state index contributed by atoms with van der Waals surface area (Å²) in [6, 6.07) is 5.17. The summed E-state index contributed by atoms with van der Waals surface area (Å²) in [4.78, 5) is 0. The molecule has 1 aromatic rings. The molecule has 0 saturated carbocycles. The van der Waals surface area contributed by atoms with E-state index in [1.54, 1.807) is 18.2 Å². The number of ether oxygens (including phenoxy) is 1. The third-order valence-electron chi connectivity index (χ3n) is 3.24. The van der Waals surface area contributed by atoms with Gasteiger partial charge in [-0.2, -0.15) is 0 Å². The van der Waals surface area contributed by atoms with Crippen molar-refractivity contribution >= 4 is 15.7 Å². The van der Waals surface area contributed by atoms with Gasteiger partial charge in [-0.25, -0.2) is 8.42 Å². The van der Waals surface area contributed by atoms with Gasteiger partial charge in [0.25, 0.3) is 0 Å². The van der Waals surface area contributed by atoms with Gasteiger partial charge < -0.3 is 9.84 Å². The van der Waals surface area contributed by atoms with Crippen molar-refractivity contribution in [1.29, 1.82) is 0 Å². The zero-order valence-electron chi connectivity index (χ0n) is 11.9. The van der Waals surface area contributed by atoms with E-state index in [4.69, 9.17) is 9.84 Å². The quantitative estimate of drug-likeness (QED) is 0.821. The lowest BCUT2D eigenvalue weighted by molar-refractivity contribution is 0.127. The van der Waals surface area contributed by atoms with E-state index in [1.807, 2.05) is 6.92 Å². The SMILES string of the molecule is Cc1ccc(NS(=O)(=O)CC2CCCO2)cc1C#CCO. The Balaban J connectivity index is 2.11. The van der Waals surface area contributed by atoms with Gasteiger partial charge >= 0.3 is 0 Å². The maximum Gasteiger partial charge on any atom is 0.235 e. The lowest BCUT2D eigenvalue weighted by atomic mass is 10.1. The molecule has 114 valence electrons. The topological polar surface area (TPSA) is 75.6 Å². The largest absolute Gasteiger partial charge is 0.384 e. The third kappa shape index (κ3) is 4.74. The summed E-state index contributed by atoms with van der Waals surface area (Å²) in [5, 5.41) is 8.73.